The Morgan fingerprint density at radius 1 is 1.23 bits per heavy atom. The highest BCUT2D eigenvalue weighted by Gasteiger charge is 2.42. The number of fused-ring (bicyclic) bond motifs is 1. The van der Waals surface area contributed by atoms with E-state index < -0.39 is 17.9 Å². The van der Waals surface area contributed by atoms with Gasteiger partial charge >= 0.3 is 0 Å². The molecule has 22 heavy (non-hydrogen) atoms. The largest absolute Gasteiger partial charge is 0.351 e. The average Bonchev–Trinajstić information content (AvgIpc) is 2.74. The molecule has 2 rings (SSSR count). The van der Waals surface area contributed by atoms with Crippen molar-refractivity contribution in [2.24, 2.45) is 5.92 Å². The van der Waals surface area contributed by atoms with E-state index in [4.69, 9.17) is 0 Å². The molecule has 5 heteroatoms. The summed E-state index contributed by atoms with van der Waals surface area (Å²) in [6, 6.07) is 5.85. The maximum absolute atomic E-state index is 12.5. The molecule has 0 fully saturated rings. The van der Waals surface area contributed by atoms with Crippen LogP contribution in [0.1, 0.15) is 41.0 Å². The first-order valence-electron chi connectivity index (χ1n) is 7.33. The lowest BCUT2D eigenvalue weighted by molar-refractivity contribution is -0.125. The second-order valence-corrected chi connectivity index (χ2v) is 5.71. The van der Waals surface area contributed by atoms with Gasteiger partial charge in [-0.15, -0.1) is 6.58 Å². The van der Waals surface area contributed by atoms with E-state index in [1.54, 1.807) is 30.3 Å². The zero-order chi connectivity index (χ0) is 16.3. The zero-order valence-corrected chi connectivity index (χ0v) is 12.8. The Morgan fingerprint density at radius 3 is 2.23 bits per heavy atom. The summed E-state index contributed by atoms with van der Waals surface area (Å²) in [7, 11) is 0. The van der Waals surface area contributed by atoms with Gasteiger partial charge in [0.1, 0.15) is 6.04 Å². The van der Waals surface area contributed by atoms with Crippen molar-refractivity contribution in [1.82, 2.24) is 10.2 Å². The van der Waals surface area contributed by atoms with Crippen LogP contribution in [0, 0.1) is 5.92 Å². The van der Waals surface area contributed by atoms with E-state index in [2.05, 4.69) is 11.9 Å². The summed E-state index contributed by atoms with van der Waals surface area (Å²) < 4.78 is 0. The van der Waals surface area contributed by atoms with Crippen molar-refractivity contribution in [2.75, 3.05) is 6.54 Å². The average molecular weight is 300 g/mol. The molecule has 0 bridgehead atoms. The summed E-state index contributed by atoms with van der Waals surface area (Å²) in [5, 5.41) is 2.68. The first-order valence-corrected chi connectivity index (χ1v) is 7.33. The molecule has 0 saturated carbocycles. The van der Waals surface area contributed by atoms with Crippen LogP contribution in [0.25, 0.3) is 0 Å². The van der Waals surface area contributed by atoms with Gasteiger partial charge in [0, 0.05) is 6.54 Å². The monoisotopic (exact) mass is 300 g/mol. The van der Waals surface area contributed by atoms with E-state index >= 15 is 0 Å². The lowest BCUT2D eigenvalue weighted by atomic mass is 10.0. The molecule has 1 aliphatic rings. The van der Waals surface area contributed by atoms with Gasteiger partial charge in [-0.2, -0.15) is 0 Å². The molecule has 0 aliphatic carbocycles. The SMILES string of the molecule is C=CCNC(=O)[C@H](CC(C)C)N1C(=O)c2ccccc2C1=O. The maximum Gasteiger partial charge on any atom is 0.262 e. The minimum Gasteiger partial charge on any atom is -0.351 e. The molecular formula is C17H20N2O3. The molecular weight excluding hydrogens is 280 g/mol. The van der Waals surface area contributed by atoms with Gasteiger partial charge in [0.05, 0.1) is 11.1 Å². The number of nitrogens with one attached hydrogen (secondary N) is 1. The lowest BCUT2D eigenvalue weighted by Gasteiger charge is -2.26. The highest BCUT2D eigenvalue weighted by atomic mass is 16.2. The summed E-state index contributed by atoms with van der Waals surface area (Å²) >= 11 is 0. The smallest absolute Gasteiger partial charge is 0.262 e. The molecule has 1 heterocycles. The van der Waals surface area contributed by atoms with Crippen molar-refractivity contribution in [1.29, 1.82) is 0 Å². The third-order valence-corrected chi connectivity index (χ3v) is 3.56. The van der Waals surface area contributed by atoms with Gasteiger partial charge in [-0.3, -0.25) is 19.3 Å². The molecule has 3 amide bonds. The second kappa shape index (κ2) is 6.56. The predicted molar refractivity (Wildman–Crippen MR) is 83.4 cm³/mol. The van der Waals surface area contributed by atoms with E-state index in [1.165, 1.54) is 0 Å². The Bertz CT molecular complexity index is 587. The van der Waals surface area contributed by atoms with E-state index in [0.29, 0.717) is 24.1 Å². The van der Waals surface area contributed by atoms with Crippen molar-refractivity contribution in [3.8, 4) is 0 Å². The first-order chi connectivity index (χ1) is 10.5. The van der Waals surface area contributed by atoms with Crippen LogP contribution in [0.15, 0.2) is 36.9 Å². The first kappa shape index (κ1) is 15.9. The van der Waals surface area contributed by atoms with Crippen LogP contribution in [0.5, 0.6) is 0 Å². The minimum atomic E-state index is -0.799. The van der Waals surface area contributed by atoms with Gasteiger partial charge in [-0.05, 0) is 24.5 Å². The highest BCUT2D eigenvalue weighted by molar-refractivity contribution is 6.22. The molecule has 5 nitrogen and oxygen atoms in total. The van der Waals surface area contributed by atoms with Crippen molar-refractivity contribution < 1.29 is 14.4 Å². The quantitative estimate of drug-likeness (QED) is 0.645. The number of imide groups is 1. The third kappa shape index (κ3) is 2.93. The topological polar surface area (TPSA) is 66.5 Å². The van der Waals surface area contributed by atoms with Gasteiger partial charge in [-0.25, -0.2) is 0 Å². The van der Waals surface area contributed by atoms with E-state index in [-0.39, 0.29) is 11.8 Å². The Kier molecular flexibility index (Phi) is 4.75. The molecule has 0 radical (unpaired) electrons. The Morgan fingerprint density at radius 2 is 1.77 bits per heavy atom. The Hall–Kier alpha value is -2.43. The summed E-state index contributed by atoms with van der Waals surface area (Å²) in [6.45, 7) is 7.75. The molecule has 1 atom stereocenters. The van der Waals surface area contributed by atoms with Crippen LogP contribution in [0.3, 0.4) is 0 Å². The number of hydrogen-bond acceptors (Lipinski definition) is 3. The van der Waals surface area contributed by atoms with Gasteiger partial charge in [0.25, 0.3) is 11.8 Å². The van der Waals surface area contributed by atoms with Crippen LogP contribution >= 0.6 is 0 Å². The Balaban J connectivity index is 2.32. The molecule has 1 aromatic carbocycles. The maximum atomic E-state index is 12.5. The fraction of sp³-hybridized carbons (Fsp3) is 0.353. The van der Waals surface area contributed by atoms with E-state index in [1.807, 2.05) is 13.8 Å². The van der Waals surface area contributed by atoms with Crippen molar-refractivity contribution in [2.45, 2.75) is 26.3 Å². The van der Waals surface area contributed by atoms with Crippen LogP contribution in [-0.2, 0) is 4.79 Å². The molecule has 0 saturated heterocycles. The lowest BCUT2D eigenvalue weighted by Crippen LogP contribution is -2.50. The fourth-order valence-electron chi connectivity index (χ4n) is 2.56. The molecule has 1 aromatic rings. The van der Waals surface area contributed by atoms with E-state index in [9.17, 15) is 14.4 Å². The number of amides is 3. The minimum absolute atomic E-state index is 0.170. The number of benzene rings is 1. The van der Waals surface area contributed by atoms with Gasteiger partial charge in [-0.1, -0.05) is 32.1 Å². The van der Waals surface area contributed by atoms with Crippen molar-refractivity contribution in [3.63, 3.8) is 0 Å². The van der Waals surface area contributed by atoms with E-state index in [0.717, 1.165) is 4.90 Å². The zero-order valence-electron chi connectivity index (χ0n) is 12.8. The van der Waals surface area contributed by atoms with Crippen molar-refractivity contribution in [3.05, 3.63) is 48.0 Å². The van der Waals surface area contributed by atoms with Crippen LogP contribution in [0.2, 0.25) is 0 Å². The van der Waals surface area contributed by atoms with Gasteiger partial charge in [0.2, 0.25) is 5.91 Å². The molecule has 1 N–H and O–H groups in total. The second-order valence-electron chi connectivity index (χ2n) is 5.71. The predicted octanol–water partition coefficient (Wildman–Crippen LogP) is 2.00. The molecule has 0 aromatic heterocycles. The van der Waals surface area contributed by atoms with Crippen LogP contribution < -0.4 is 5.32 Å². The number of rotatable bonds is 6. The van der Waals surface area contributed by atoms with Crippen LogP contribution in [-0.4, -0.2) is 35.2 Å². The number of carbonyl (C=O) groups is 3. The van der Waals surface area contributed by atoms with Gasteiger partial charge < -0.3 is 5.32 Å². The number of carbonyl (C=O) groups excluding carboxylic acids is 3. The van der Waals surface area contributed by atoms with Gasteiger partial charge in [0.15, 0.2) is 0 Å². The molecule has 0 unspecified atom stereocenters. The van der Waals surface area contributed by atoms with Crippen molar-refractivity contribution >= 4 is 17.7 Å². The number of hydrogen-bond donors (Lipinski definition) is 1. The molecule has 0 spiro atoms. The fourth-order valence-corrected chi connectivity index (χ4v) is 2.56. The number of nitrogens with zero attached hydrogens (tertiary/aromatic N) is 1. The molecule has 1 aliphatic heterocycles. The summed E-state index contributed by atoms with van der Waals surface area (Å²) in [6.07, 6.45) is 1.99. The molecule has 116 valence electrons. The summed E-state index contributed by atoms with van der Waals surface area (Å²) in [5.74, 6) is -0.966. The third-order valence-electron chi connectivity index (χ3n) is 3.56. The highest BCUT2D eigenvalue weighted by Crippen LogP contribution is 2.26. The Labute approximate surface area is 130 Å². The standard InChI is InChI=1S/C17H20N2O3/c1-4-9-18-15(20)14(10-11(2)3)19-16(21)12-7-5-6-8-13(12)17(19)22/h4-8,11,14H,1,9-10H2,2-3H3,(H,18,20)/t14-/m0/s1. The normalized spacial score (nSPS) is 15.0. The summed E-state index contributed by atoms with van der Waals surface area (Å²) in [5.41, 5.74) is 0.718. The summed E-state index contributed by atoms with van der Waals surface area (Å²) in [4.78, 5) is 38.5. The van der Waals surface area contributed by atoms with Crippen LogP contribution in [0.4, 0.5) is 0 Å².